The summed E-state index contributed by atoms with van der Waals surface area (Å²) in [6.45, 7) is 2.18. The van der Waals surface area contributed by atoms with Crippen LogP contribution in [0.1, 0.15) is 35.9 Å². The molecular formula is C15H17ClN4O3. The molecule has 0 atom stereocenters. The largest absolute Gasteiger partial charge is 0.481 e. The van der Waals surface area contributed by atoms with E-state index in [1.807, 2.05) is 13.0 Å². The first-order chi connectivity index (χ1) is 11.0. The molecule has 2 N–H and O–H groups in total. The summed E-state index contributed by atoms with van der Waals surface area (Å²) in [5.74, 6) is -1.25. The molecule has 0 aliphatic carbocycles. The smallest absolute Gasteiger partial charge is 0.303 e. The summed E-state index contributed by atoms with van der Waals surface area (Å²) in [5.41, 5.74) is 1.64. The molecule has 7 nitrogen and oxygen atoms in total. The van der Waals surface area contributed by atoms with Crippen molar-refractivity contribution < 1.29 is 14.7 Å². The van der Waals surface area contributed by atoms with Gasteiger partial charge in [-0.1, -0.05) is 29.8 Å². The van der Waals surface area contributed by atoms with Crippen LogP contribution in [0, 0.1) is 0 Å². The van der Waals surface area contributed by atoms with E-state index >= 15 is 0 Å². The monoisotopic (exact) mass is 336 g/mol. The second kappa shape index (κ2) is 7.73. The summed E-state index contributed by atoms with van der Waals surface area (Å²) < 4.78 is 1.58. The van der Waals surface area contributed by atoms with Gasteiger partial charge in [0.2, 0.25) is 0 Å². The lowest BCUT2D eigenvalue weighted by molar-refractivity contribution is -0.137. The van der Waals surface area contributed by atoms with E-state index in [4.69, 9.17) is 16.7 Å². The second-order valence-corrected chi connectivity index (χ2v) is 5.32. The zero-order chi connectivity index (χ0) is 16.8. The lowest BCUT2D eigenvalue weighted by atomic mass is 10.2. The molecule has 0 saturated heterocycles. The molecule has 2 aromatic rings. The van der Waals surface area contributed by atoms with Crippen LogP contribution in [0.2, 0.25) is 5.02 Å². The van der Waals surface area contributed by atoms with Crippen LogP contribution < -0.4 is 5.32 Å². The van der Waals surface area contributed by atoms with Crippen molar-refractivity contribution in [1.29, 1.82) is 0 Å². The predicted octanol–water partition coefficient (Wildman–Crippen LogP) is 2.08. The molecule has 23 heavy (non-hydrogen) atoms. The lowest BCUT2D eigenvalue weighted by Crippen LogP contribution is -2.26. The van der Waals surface area contributed by atoms with Crippen LogP contribution in [0.5, 0.6) is 0 Å². The summed E-state index contributed by atoms with van der Waals surface area (Å²) in [7, 11) is 0. The number of carbonyl (C=O) groups excluding carboxylic acids is 1. The maximum absolute atomic E-state index is 12.2. The number of aliphatic carboxylic acids is 1. The van der Waals surface area contributed by atoms with Gasteiger partial charge in [-0.15, -0.1) is 5.10 Å². The normalized spacial score (nSPS) is 10.5. The van der Waals surface area contributed by atoms with Crippen LogP contribution in [0.3, 0.4) is 0 Å². The molecule has 2 rings (SSSR count). The molecule has 0 unspecified atom stereocenters. The van der Waals surface area contributed by atoms with Crippen molar-refractivity contribution in [2.75, 3.05) is 6.54 Å². The first kappa shape index (κ1) is 17.0. The molecule has 0 bridgehead atoms. The van der Waals surface area contributed by atoms with E-state index in [1.165, 1.54) is 0 Å². The minimum Gasteiger partial charge on any atom is -0.481 e. The Morgan fingerprint density at radius 2 is 2.17 bits per heavy atom. The number of amides is 1. The average molecular weight is 337 g/mol. The van der Waals surface area contributed by atoms with Gasteiger partial charge in [0.15, 0.2) is 5.69 Å². The highest BCUT2D eigenvalue weighted by Crippen LogP contribution is 2.17. The lowest BCUT2D eigenvalue weighted by Gasteiger charge is -2.07. The van der Waals surface area contributed by atoms with Gasteiger partial charge in [0, 0.05) is 18.0 Å². The molecule has 0 saturated carbocycles. The standard InChI is InChI=1S/C15H17ClN4O3/c1-2-12-14(15(23)17-8-4-7-13(21)22)18-19-20(12)11-6-3-5-10(16)9-11/h3,5-6,9H,2,4,7-8H2,1H3,(H,17,23)(H,21,22). The summed E-state index contributed by atoms with van der Waals surface area (Å²) in [6.07, 6.45) is 0.943. The fraction of sp³-hybridized carbons (Fsp3) is 0.333. The fourth-order valence-corrected chi connectivity index (χ4v) is 2.32. The van der Waals surface area contributed by atoms with Crippen molar-refractivity contribution in [1.82, 2.24) is 20.3 Å². The number of carbonyl (C=O) groups is 2. The van der Waals surface area contributed by atoms with Gasteiger partial charge in [-0.2, -0.15) is 0 Å². The van der Waals surface area contributed by atoms with Crippen molar-refractivity contribution in [3.63, 3.8) is 0 Å². The Labute approximate surface area is 138 Å². The highest BCUT2D eigenvalue weighted by Gasteiger charge is 2.19. The Bertz CT molecular complexity index is 714. The number of halogens is 1. The highest BCUT2D eigenvalue weighted by molar-refractivity contribution is 6.30. The Morgan fingerprint density at radius 3 is 2.83 bits per heavy atom. The first-order valence-corrected chi connectivity index (χ1v) is 7.61. The maximum Gasteiger partial charge on any atom is 0.303 e. The van der Waals surface area contributed by atoms with Crippen LogP contribution in [0.15, 0.2) is 24.3 Å². The number of benzene rings is 1. The van der Waals surface area contributed by atoms with E-state index in [0.717, 1.165) is 5.69 Å². The molecule has 0 radical (unpaired) electrons. The van der Waals surface area contributed by atoms with E-state index in [0.29, 0.717) is 23.6 Å². The number of aromatic nitrogens is 3. The van der Waals surface area contributed by atoms with Gasteiger partial charge >= 0.3 is 5.97 Å². The Balaban J connectivity index is 2.14. The Kier molecular flexibility index (Phi) is 5.70. The summed E-state index contributed by atoms with van der Waals surface area (Å²) in [6, 6.07) is 7.12. The van der Waals surface area contributed by atoms with Gasteiger partial charge < -0.3 is 10.4 Å². The SMILES string of the molecule is CCc1c(C(=O)NCCCC(=O)O)nnn1-c1cccc(Cl)c1. The maximum atomic E-state index is 12.2. The molecule has 1 aromatic heterocycles. The first-order valence-electron chi connectivity index (χ1n) is 7.23. The van der Waals surface area contributed by atoms with Gasteiger partial charge in [0.1, 0.15) is 0 Å². The van der Waals surface area contributed by atoms with Crippen molar-refractivity contribution in [2.24, 2.45) is 0 Å². The Hall–Kier alpha value is -2.41. The van der Waals surface area contributed by atoms with Gasteiger partial charge in [-0.05, 0) is 31.0 Å². The van der Waals surface area contributed by atoms with Crippen LogP contribution in [0.25, 0.3) is 5.69 Å². The van der Waals surface area contributed by atoms with Crippen molar-refractivity contribution in [3.8, 4) is 5.69 Å². The number of nitrogens with zero attached hydrogens (tertiary/aromatic N) is 3. The molecule has 1 aromatic carbocycles. The van der Waals surface area contributed by atoms with Crippen molar-refractivity contribution >= 4 is 23.5 Å². The van der Waals surface area contributed by atoms with Crippen LogP contribution in [0.4, 0.5) is 0 Å². The van der Waals surface area contributed by atoms with E-state index in [2.05, 4.69) is 15.6 Å². The molecular weight excluding hydrogens is 320 g/mol. The number of hydrogen-bond donors (Lipinski definition) is 2. The summed E-state index contributed by atoms with van der Waals surface area (Å²) >= 11 is 5.98. The number of carboxylic acid groups (broad SMARTS) is 1. The molecule has 8 heteroatoms. The minimum atomic E-state index is -0.889. The number of hydrogen-bond acceptors (Lipinski definition) is 4. The molecule has 0 aliphatic heterocycles. The minimum absolute atomic E-state index is 0.0100. The van der Waals surface area contributed by atoms with Gasteiger partial charge in [0.25, 0.3) is 5.91 Å². The van der Waals surface area contributed by atoms with E-state index < -0.39 is 5.97 Å². The third-order valence-corrected chi connectivity index (χ3v) is 3.45. The van der Waals surface area contributed by atoms with Gasteiger partial charge in [-0.3, -0.25) is 9.59 Å². The zero-order valence-corrected chi connectivity index (χ0v) is 13.4. The molecule has 122 valence electrons. The third kappa shape index (κ3) is 4.29. The van der Waals surface area contributed by atoms with E-state index in [1.54, 1.807) is 22.9 Å². The number of rotatable bonds is 7. The fourth-order valence-electron chi connectivity index (χ4n) is 2.14. The zero-order valence-electron chi connectivity index (χ0n) is 12.6. The van der Waals surface area contributed by atoms with Gasteiger partial charge in [-0.25, -0.2) is 4.68 Å². The quantitative estimate of drug-likeness (QED) is 0.754. The molecule has 1 amide bonds. The molecule has 1 heterocycles. The second-order valence-electron chi connectivity index (χ2n) is 4.88. The Morgan fingerprint density at radius 1 is 1.39 bits per heavy atom. The predicted molar refractivity (Wildman–Crippen MR) is 85.0 cm³/mol. The summed E-state index contributed by atoms with van der Waals surface area (Å²) in [4.78, 5) is 22.6. The topological polar surface area (TPSA) is 97.1 Å². The molecule has 0 fully saturated rings. The van der Waals surface area contributed by atoms with E-state index in [-0.39, 0.29) is 24.6 Å². The van der Waals surface area contributed by atoms with Crippen LogP contribution in [-0.2, 0) is 11.2 Å². The van der Waals surface area contributed by atoms with Gasteiger partial charge in [0.05, 0.1) is 11.4 Å². The van der Waals surface area contributed by atoms with E-state index in [9.17, 15) is 9.59 Å². The number of carboxylic acids is 1. The highest BCUT2D eigenvalue weighted by atomic mass is 35.5. The molecule has 0 aliphatic rings. The third-order valence-electron chi connectivity index (χ3n) is 3.22. The van der Waals surface area contributed by atoms with Crippen LogP contribution in [-0.4, -0.2) is 38.5 Å². The van der Waals surface area contributed by atoms with Crippen LogP contribution >= 0.6 is 11.6 Å². The van der Waals surface area contributed by atoms with Crippen molar-refractivity contribution in [3.05, 3.63) is 40.7 Å². The van der Waals surface area contributed by atoms with Crippen molar-refractivity contribution in [2.45, 2.75) is 26.2 Å². The summed E-state index contributed by atoms with van der Waals surface area (Å²) in [5, 5.41) is 19.8. The molecule has 0 spiro atoms. The average Bonchev–Trinajstić information content (AvgIpc) is 2.95. The number of nitrogens with one attached hydrogen (secondary N) is 1.